The number of aromatic nitrogens is 3. The van der Waals surface area contributed by atoms with Gasteiger partial charge in [0.1, 0.15) is 12.1 Å². The molecule has 3 N–H and O–H groups in total. The van der Waals surface area contributed by atoms with Gasteiger partial charge in [0.15, 0.2) is 5.16 Å². The Balaban J connectivity index is 2.07. The van der Waals surface area contributed by atoms with Crippen LogP contribution in [0, 0.1) is 0 Å². The summed E-state index contributed by atoms with van der Waals surface area (Å²) in [6.07, 6.45) is 1.54. The maximum absolute atomic E-state index is 11.4. The van der Waals surface area contributed by atoms with Gasteiger partial charge in [0, 0.05) is 5.69 Å². The van der Waals surface area contributed by atoms with E-state index in [0.717, 1.165) is 23.2 Å². The molecule has 21 heavy (non-hydrogen) atoms. The summed E-state index contributed by atoms with van der Waals surface area (Å²) >= 11 is 1.15. The van der Waals surface area contributed by atoms with Crippen molar-refractivity contribution in [2.75, 3.05) is 12.9 Å². The minimum atomic E-state index is -0.878. The molecule has 3 amide bonds. The van der Waals surface area contributed by atoms with Crippen molar-refractivity contribution < 1.29 is 14.3 Å². The van der Waals surface area contributed by atoms with Crippen molar-refractivity contribution in [2.24, 2.45) is 5.73 Å². The lowest BCUT2D eigenvalue weighted by atomic mass is 10.3. The highest BCUT2D eigenvalue weighted by molar-refractivity contribution is 7.99. The van der Waals surface area contributed by atoms with Gasteiger partial charge in [-0.15, -0.1) is 10.2 Å². The van der Waals surface area contributed by atoms with Crippen LogP contribution < -0.4 is 15.8 Å². The first-order valence-corrected chi connectivity index (χ1v) is 6.85. The normalized spacial score (nSPS) is 10.1. The molecule has 2 rings (SSSR count). The number of nitrogens with zero attached hydrogens (tertiary/aromatic N) is 3. The van der Waals surface area contributed by atoms with Crippen molar-refractivity contribution in [3.63, 3.8) is 0 Å². The number of nitrogens with one attached hydrogen (secondary N) is 1. The Morgan fingerprint density at radius 2 is 2.10 bits per heavy atom. The molecule has 0 aliphatic carbocycles. The van der Waals surface area contributed by atoms with Crippen LogP contribution in [0.3, 0.4) is 0 Å². The predicted molar refractivity (Wildman–Crippen MR) is 76.4 cm³/mol. The molecule has 0 saturated carbocycles. The molecule has 2 aromatic rings. The van der Waals surface area contributed by atoms with E-state index in [1.807, 2.05) is 29.6 Å². The summed E-state index contributed by atoms with van der Waals surface area (Å²) in [5.74, 6) is 0.260. The van der Waals surface area contributed by atoms with Gasteiger partial charge in [0.05, 0.1) is 12.9 Å². The van der Waals surface area contributed by atoms with Crippen molar-refractivity contribution in [3.05, 3.63) is 30.6 Å². The zero-order valence-corrected chi connectivity index (χ0v) is 12.0. The van der Waals surface area contributed by atoms with E-state index in [4.69, 9.17) is 10.5 Å². The van der Waals surface area contributed by atoms with Gasteiger partial charge in [-0.1, -0.05) is 11.8 Å². The molecule has 1 heterocycles. The second-order valence-electron chi connectivity index (χ2n) is 3.88. The molecular weight excluding hydrogens is 294 g/mol. The highest BCUT2D eigenvalue weighted by Crippen LogP contribution is 2.21. The van der Waals surface area contributed by atoms with Gasteiger partial charge in [-0.3, -0.25) is 14.7 Å². The molecule has 1 aromatic heterocycles. The van der Waals surface area contributed by atoms with Crippen molar-refractivity contribution in [3.8, 4) is 11.4 Å². The van der Waals surface area contributed by atoms with E-state index < -0.39 is 11.9 Å². The number of hydrogen-bond acceptors (Lipinski definition) is 6. The summed E-state index contributed by atoms with van der Waals surface area (Å²) in [5.41, 5.74) is 5.70. The van der Waals surface area contributed by atoms with Crippen LogP contribution in [0.4, 0.5) is 4.79 Å². The molecule has 0 fully saturated rings. The minimum absolute atomic E-state index is 0.0117. The first-order valence-electron chi connectivity index (χ1n) is 5.86. The molecule has 9 heteroatoms. The quantitative estimate of drug-likeness (QED) is 0.781. The topological polar surface area (TPSA) is 112 Å². The zero-order chi connectivity index (χ0) is 15.2. The minimum Gasteiger partial charge on any atom is -0.497 e. The van der Waals surface area contributed by atoms with E-state index in [-0.39, 0.29) is 5.75 Å². The van der Waals surface area contributed by atoms with E-state index in [1.165, 1.54) is 6.33 Å². The van der Waals surface area contributed by atoms with Gasteiger partial charge in [-0.05, 0) is 24.3 Å². The van der Waals surface area contributed by atoms with Crippen LogP contribution in [0.2, 0.25) is 0 Å². The van der Waals surface area contributed by atoms with Crippen molar-refractivity contribution >= 4 is 23.7 Å². The summed E-state index contributed by atoms with van der Waals surface area (Å²) in [4.78, 5) is 21.9. The molecule has 0 saturated heterocycles. The van der Waals surface area contributed by atoms with Gasteiger partial charge in [-0.25, -0.2) is 4.79 Å². The molecule has 0 unspecified atom stereocenters. The Kier molecular flexibility index (Phi) is 4.77. The van der Waals surface area contributed by atoms with Crippen LogP contribution in [0.5, 0.6) is 5.75 Å². The summed E-state index contributed by atoms with van der Waals surface area (Å²) in [6, 6.07) is 6.43. The van der Waals surface area contributed by atoms with Gasteiger partial charge in [-0.2, -0.15) is 0 Å². The van der Waals surface area contributed by atoms with E-state index in [9.17, 15) is 9.59 Å². The van der Waals surface area contributed by atoms with E-state index >= 15 is 0 Å². The molecule has 0 aliphatic rings. The number of urea groups is 1. The smallest absolute Gasteiger partial charge is 0.318 e. The van der Waals surface area contributed by atoms with E-state index in [2.05, 4.69) is 10.2 Å². The summed E-state index contributed by atoms with van der Waals surface area (Å²) in [6.45, 7) is 0. The Morgan fingerprint density at radius 3 is 2.71 bits per heavy atom. The van der Waals surface area contributed by atoms with Crippen LogP contribution in [0.1, 0.15) is 0 Å². The Hall–Kier alpha value is -2.55. The third-order valence-electron chi connectivity index (χ3n) is 2.46. The molecule has 0 aliphatic heterocycles. The lowest BCUT2D eigenvalue weighted by Gasteiger charge is -2.07. The fourth-order valence-electron chi connectivity index (χ4n) is 1.55. The fourth-order valence-corrected chi connectivity index (χ4v) is 2.28. The van der Waals surface area contributed by atoms with Crippen molar-refractivity contribution in [1.82, 2.24) is 20.1 Å². The number of carbonyl (C=O) groups is 2. The third kappa shape index (κ3) is 3.96. The molecule has 8 nitrogen and oxygen atoms in total. The molecule has 0 spiro atoms. The number of nitrogens with two attached hydrogens (primary N) is 1. The van der Waals surface area contributed by atoms with E-state index in [0.29, 0.717) is 5.16 Å². The maximum atomic E-state index is 11.4. The number of methoxy groups -OCH3 is 1. The average Bonchev–Trinajstić information content (AvgIpc) is 2.93. The van der Waals surface area contributed by atoms with Gasteiger partial charge < -0.3 is 10.5 Å². The van der Waals surface area contributed by atoms with Gasteiger partial charge >= 0.3 is 6.03 Å². The number of imide groups is 1. The monoisotopic (exact) mass is 307 g/mol. The number of carbonyl (C=O) groups excluding carboxylic acids is 2. The largest absolute Gasteiger partial charge is 0.497 e. The molecular formula is C12H13N5O3S. The highest BCUT2D eigenvalue weighted by Gasteiger charge is 2.11. The fraction of sp³-hybridized carbons (Fsp3) is 0.167. The summed E-state index contributed by atoms with van der Waals surface area (Å²) in [5, 5.41) is 10.3. The lowest BCUT2D eigenvalue weighted by Crippen LogP contribution is -2.36. The maximum Gasteiger partial charge on any atom is 0.318 e. The lowest BCUT2D eigenvalue weighted by molar-refractivity contribution is -0.117. The second kappa shape index (κ2) is 6.75. The van der Waals surface area contributed by atoms with Crippen LogP contribution in [0.25, 0.3) is 5.69 Å². The van der Waals surface area contributed by atoms with Crippen molar-refractivity contribution in [2.45, 2.75) is 5.16 Å². The number of hydrogen-bond donors (Lipinski definition) is 2. The number of rotatable bonds is 5. The van der Waals surface area contributed by atoms with Crippen LogP contribution >= 0.6 is 11.8 Å². The number of ether oxygens (including phenoxy) is 1. The zero-order valence-electron chi connectivity index (χ0n) is 11.1. The molecule has 1 aromatic carbocycles. The molecule has 0 atom stereocenters. The molecule has 0 bridgehead atoms. The highest BCUT2D eigenvalue weighted by atomic mass is 32.2. The Bertz CT molecular complexity index is 641. The second-order valence-corrected chi connectivity index (χ2v) is 4.83. The molecule has 0 radical (unpaired) electrons. The number of benzene rings is 1. The summed E-state index contributed by atoms with van der Waals surface area (Å²) in [7, 11) is 1.59. The first kappa shape index (κ1) is 14.9. The van der Waals surface area contributed by atoms with Crippen LogP contribution in [-0.4, -0.2) is 39.6 Å². The summed E-state index contributed by atoms with van der Waals surface area (Å²) < 4.78 is 6.81. The molecule has 110 valence electrons. The standard InChI is InChI=1S/C12H13N5O3S/c1-20-9-4-2-8(3-5-9)17-7-14-16-12(17)21-6-10(18)15-11(13)19/h2-5,7H,6H2,1H3,(H3,13,15,18,19). The predicted octanol–water partition coefficient (Wildman–Crippen LogP) is 0.563. The van der Waals surface area contributed by atoms with Crippen molar-refractivity contribution in [1.29, 1.82) is 0 Å². The van der Waals surface area contributed by atoms with Crippen LogP contribution in [0.15, 0.2) is 35.7 Å². The Labute approximate surface area is 124 Å². The number of amides is 3. The third-order valence-corrected chi connectivity index (χ3v) is 3.41. The number of thioether (sulfide) groups is 1. The average molecular weight is 307 g/mol. The van der Waals surface area contributed by atoms with Gasteiger partial charge in [0.2, 0.25) is 5.91 Å². The van der Waals surface area contributed by atoms with Crippen LogP contribution in [-0.2, 0) is 4.79 Å². The number of primary amides is 1. The Morgan fingerprint density at radius 1 is 1.38 bits per heavy atom. The van der Waals surface area contributed by atoms with E-state index in [1.54, 1.807) is 11.7 Å². The SMILES string of the molecule is COc1ccc(-n2cnnc2SCC(=O)NC(N)=O)cc1. The van der Waals surface area contributed by atoms with Gasteiger partial charge in [0.25, 0.3) is 0 Å². The first-order chi connectivity index (χ1) is 10.1.